The van der Waals surface area contributed by atoms with Gasteiger partial charge in [-0.2, -0.15) is 0 Å². The molecule has 28 heavy (non-hydrogen) atoms. The predicted octanol–water partition coefficient (Wildman–Crippen LogP) is 7.91. The van der Waals surface area contributed by atoms with Gasteiger partial charge in [0.05, 0.1) is 0 Å². The molecular formula is C28H42. The van der Waals surface area contributed by atoms with E-state index in [0.717, 1.165) is 29.6 Å². The molecular weight excluding hydrogens is 336 g/mol. The monoisotopic (exact) mass is 378 g/mol. The number of fused-ring (bicyclic) bond motifs is 5. The Balaban J connectivity index is 1.45. The van der Waals surface area contributed by atoms with Crippen molar-refractivity contribution in [1.82, 2.24) is 0 Å². The van der Waals surface area contributed by atoms with Crippen LogP contribution < -0.4 is 0 Å². The van der Waals surface area contributed by atoms with E-state index < -0.39 is 0 Å². The highest BCUT2D eigenvalue weighted by Crippen LogP contribution is 2.71. The summed E-state index contributed by atoms with van der Waals surface area (Å²) in [5.41, 5.74) is 3.34. The molecule has 0 aliphatic heterocycles. The first-order chi connectivity index (χ1) is 13.3. The Hall–Kier alpha value is -0.780. The number of hydrogen-bond acceptors (Lipinski definition) is 0. The Morgan fingerprint density at radius 3 is 2.32 bits per heavy atom. The summed E-state index contributed by atoms with van der Waals surface area (Å²) < 4.78 is 0. The Labute approximate surface area is 173 Å². The van der Waals surface area contributed by atoms with Gasteiger partial charge in [0.1, 0.15) is 0 Å². The molecule has 0 amide bonds. The largest absolute Gasteiger partial charge is 0.0622 e. The molecule has 0 bridgehead atoms. The van der Waals surface area contributed by atoms with E-state index >= 15 is 0 Å². The van der Waals surface area contributed by atoms with Crippen molar-refractivity contribution in [3.8, 4) is 0 Å². The molecule has 5 rings (SSSR count). The second-order valence-electron chi connectivity index (χ2n) is 12.4. The second-order valence-corrected chi connectivity index (χ2v) is 12.4. The lowest BCUT2D eigenvalue weighted by Crippen LogP contribution is -2.58. The van der Waals surface area contributed by atoms with Crippen molar-refractivity contribution >= 4 is 0 Å². The van der Waals surface area contributed by atoms with Gasteiger partial charge >= 0.3 is 0 Å². The first-order valence-corrected chi connectivity index (χ1v) is 12.4. The van der Waals surface area contributed by atoms with Crippen LogP contribution in [0.25, 0.3) is 0 Å². The molecule has 1 aromatic rings. The summed E-state index contributed by atoms with van der Waals surface area (Å²) in [4.78, 5) is 0. The number of benzene rings is 1. The lowest BCUT2D eigenvalue weighted by atomic mass is 9.39. The van der Waals surface area contributed by atoms with E-state index in [4.69, 9.17) is 0 Å². The molecule has 0 nitrogen and oxygen atoms in total. The van der Waals surface area contributed by atoms with Crippen molar-refractivity contribution in [3.05, 3.63) is 35.9 Å². The first-order valence-electron chi connectivity index (χ1n) is 12.4. The van der Waals surface area contributed by atoms with Gasteiger partial charge in [-0.05, 0) is 103 Å². The maximum atomic E-state index is 2.72. The molecule has 4 saturated carbocycles. The fraction of sp³-hybridized carbons (Fsp3) is 0.786. The fourth-order valence-electron chi connectivity index (χ4n) is 9.34. The van der Waals surface area contributed by atoms with Crippen molar-refractivity contribution in [2.75, 3.05) is 0 Å². The molecule has 0 radical (unpaired) electrons. The van der Waals surface area contributed by atoms with Crippen molar-refractivity contribution in [1.29, 1.82) is 0 Å². The van der Waals surface area contributed by atoms with Crippen molar-refractivity contribution in [3.63, 3.8) is 0 Å². The van der Waals surface area contributed by atoms with E-state index in [-0.39, 0.29) is 0 Å². The van der Waals surface area contributed by atoms with E-state index in [9.17, 15) is 0 Å². The van der Waals surface area contributed by atoms with Crippen LogP contribution in [0.1, 0.15) is 91.0 Å². The van der Waals surface area contributed by atoms with E-state index in [0.29, 0.717) is 16.2 Å². The molecule has 2 unspecified atom stereocenters. The molecule has 0 saturated heterocycles. The van der Waals surface area contributed by atoms with Crippen LogP contribution in [-0.4, -0.2) is 0 Å². The van der Waals surface area contributed by atoms with Gasteiger partial charge in [0, 0.05) is 0 Å². The fourth-order valence-corrected chi connectivity index (χ4v) is 9.34. The molecule has 0 heterocycles. The highest BCUT2D eigenvalue weighted by molar-refractivity contribution is 5.18. The summed E-state index contributed by atoms with van der Waals surface area (Å²) in [6.07, 6.45) is 14.8. The topological polar surface area (TPSA) is 0 Å². The van der Waals surface area contributed by atoms with E-state index in [1.807, 2.05) is 0 Å². The molecule has 7 atom stereocenters. The molecule has 1 aromatic carbocycles. The van der Waals surface area contributed by atoms with Gasteiger partial charge in [0.25, 0.3) is 0 Å². The van der Waals surface area contributed by atoms with Crippen LogP contribution in [0.3, 0.4) is 0 Å². The smallest absolute Gasteiger partial charge is 0.0245 e. The Kier molecular flexibility index (Phi) is 4.53. The van der Waals surface area contributed by atoms with Gasteiger partial charge in [-0.15, -0.1) is 0 Å². The summed E-state index contributed by atoms with van der Waals surface area (Å²) in [5.74, 6) is 4.83. The minimum atomic E-state index is 0.542. The maximum Gasteiger partial charge on any atom is -0.0245 e. The van der Waals surface area contributed by atoms with Gasteiger partial charge in [-0.1, -0.05) is 70.9 Å². The van der Waals surface area contributed by atoms with Gasteiger partial charge in [-0.25, -0.2) is 0 Å². The third-order valence-electron chi connectivity index (χ3n) is 10.8. The molecule has 0 spiro atoms. The second kappa shape index (κ2) is 6.61. The SMILES string of the molecule is CC1(C)CC2CCCC[C@]2(C)[C@@H]2CC[C@]3(C)C(Cc4ccccc4)CC[C@H]3[C@@H]21. The zero-order chi connectivity index (χ0) is 19.6. The average Bonchev–Trinajstić information content (AvgIpc) is 2.99. The summed E-state index contributed by atoms with van der Waals surface area (Å²) in [7, 11) is 0. The zero-order valence-electron chi connectivity index (χ0n) is 18.8. The summed E-state index contributed by atoms with van der Waals surface area (Å²) in [5, 5.41) is 0. The van der Waals surface area contributed by atoms with E-state index in [2.05, 4.69) is 58.0 Å². The van der Waals surface area contributed by atoms with Crippen LogP contribution in [0.5, 0.6) is 0 Å². The minimum Gasteiger partial charge on any atom is -0.0622 e. The molecule has 4 aliphatic carbocycles. The number of rotatable bonds is 2. The Morgan fingerprint density at radius 2 is 1.54 bits per heavy atom. The van der Waals surface area contributed by atoms with Crippen molar-refractivity contribution in [2.24, 2.45) is 45.8 Å². The molecule has 154 valence electrons. The van der Waals surface area contributed by atoms with Gasteiger partial charge in [0.2, 0.25) is 0 Å². The molecule has 4 aliphatic rings. The van der Waals surface area contributed by atoms with Gasteiger partial charge in [0.15, 0.2) is 0 Å². The first kappa shape index (κ1) is 19.2. The normalized spacial score (nSPS) is 47.1. The van der Waals surface area contributed by atoms with E-state index in [1.165, 1.54) is 64.2 Å². The summed E-state index contributed by atoms with van der Waals surface area (Å²) in [6, 6.07) is 11.4. The minimum absolute atomic E-state index is 0.542. The van der Waals surface area contributed by atoms with Crippen LogP contribution in [0.2, 0.25) is 0 Å². The molecule has 0 N–H and O–H groups in total. The van der Waals surface area contributed by atoms with Crippen LogP contribution in [-0.2, 0) is 6.42 Å². The quantitative estimate of drug-likeness (QED) is 0.490. The van der Waals surface area contributed by atoms with Gasteiger partial charge < -0.3 is 0 Å². The standard InChI is InChI=1S/C28H42/c1-26(2)19-22-12-8-9-16-27(22,3)24-15-17-28(4)21(13-14-23(28)25(24)26)18-20-10-6-5-7-11-20/h5-7,10-11,21-25H,8-9,12-19H2,1-4H3/t21?,22?,23-,24+,25-,27-,28+/m0/s1. The lowest BCUT2D eigenvalue weighted by Gasteiger charge is -2.65. The third-order valence-corrected chi connectivity index (χ3v) is 10.8. The Bertz CT molecular complexity index is 702. The van der Waals surface area contributed by atoms with Crippen molar-refractivity contribution < 1.29 is 0 Å². The summed E-state index contributed by atoms with van der Waals surface area (Å²) >= 11 is 0. The molecule has 4 fully saturated rings. The van der Waals surface area contributed by atoms with Gasteiger partial charge in [-0.3, -0.25) is 0 Å². The van der Waals surface area contributed by atoms with Crippen molar-refractivity contribution in [2.45, 2.75) is 91.9 Å². The third kappa shape index (κ3) is 2.76. The maximum absolute atomic E-state index is 2.72. The predicted molar refractivity (Wildman–Crippen MR) is 119 cm³/mol. The van der Waals surface area contributed by atoms with Crippen LogP contribution in [0.4, 0.5) is 0 Å². The highest BCUT2D eigenvalue weighted by Gasteiger charge is 2.63. The zero-order valence-corrected chi connectivity index (χ0v) is 18.8. The van der Waals surface area contributed by atoms with Crippen LogP contribution >= 0.6 is 0 Å². The van der Waals surface area contributed by atoms with Crippen LogP contribution in [0.15, 0.2) is 30.3 Å². The van der Waals surface area contributed by atoms with E-state index in [1.54, 1.807) is 5.56 Å². The van der Waals surface area contributed by atoms with Crippen LogP contribution in [0, 0.1) is 45.8 Å². The lowest BCUT2D eigenvalue weighted by molar-refractivity contribution is -0.165. The average molecular weight is 379 g/mol. The number of hydrogen-bond donors (Lipinski definition) is 0. The Morgan fingerprint density at radius 1 is 0.786 bits per heavy atom. The highest BCUT2D eigenvalue weighted by atomic mass is 14.7. The molecule has 0 aromatic heterocycles. The summed E-state index contributed by atoms with van der Waals surface area (Å²) in [6.45, 7) is 10.8. The molecule has 0 heteroatoms.